The van der Waals surface area contributed by atoms with Gasteiger partial charge in [0.25, 0.3) is 0 Å². The molecule has 0 saturated carbocycles. The number of hydrogen-bond acceptors (Lipinski definition) is 5. The van der Waals surface area contributed by atoms with Crippen LogP contribution >= 0.6 is 0 Å². The van der Waals surface area contributed by atoms with Crippen molar-refractivity contribution in [3.8, 4) is 0 Å². The molecule has 3 heterocycles. The molecule has 0 radical (unpaired) electrons. The lowest BCUT2D eigenvalue weighted by molar-refractivity contribution is -0.142. The van der Waals surface area contributed by atoms with Gasteiger partial charge in [0.15, 0.2) is 5.69 Å². The smallest absolute Gasteiger partial charge is 0.381 e. The molecule has 1 atom stereocenters. The third-order valence-electron chi connectivity index (χ3n) is 4.55. The number of anilines is 1. The number of nitrogens with zero attached hydrogens (tertiary/aromatic N) is 2. The summed E-state index contributed by atoms with van der Waals surface area (Å²) < 4.78 is 47.4. The Morgan fingerprint density at radius 2 is 2.08 bits per heavy atom. The van der Waals surface area contributed by atoms with E-state index in [0.717, 1.165) is 45.6 Å². The number of likely N-dealkylation sites (tertiary alicyclic amines) is 1. The van der Waals surface area contributed by atoms with E-state index in [1.54, 1.807) is 0 Å². The van der Waals surface area contributed by atoms with Crippen LogP contribution in [0.2, 0.25) is 0 Å². The van der Waals surface area contributed by atoms with E-state index in [9.17, 15) is 18.0 Å². The van der Waals surface area contributed by atoms with Gasteiger partial charge >= 0.3 is 6.18 Å². The Labute approximate surface area is 137 Å². The topological polar surface area (TPSA) is 67.6 Å². The molecule has 9 heteroatoms. The first-order valence-electron chi connectivity index (χ1n) is 8.10. The number of aromatic nitrogens is 1. The van der Waals surface area contributed by atoms with Gasteiger partial charge < -0.3 is 9.26 Å². The normalized spacial score (nSPS) is 23.5. The number of carbonyl (C=O) groups is 1. The van der Waals surface area contributed by atoms with E-state index in [-0.39, 0.29) is 17.8 Å². The number of rotatable bonds is 4. The van der Waals surface area contributed by atoms with Crippen molar-refractivity contribution in [3.63, 3.8) is 0 Å². The average molecular weight is 347 g/mol. The first-order chi connectivity index (χ1) is 11.4. The van der Waals surface area contributed by atoms with Crippen molar-refractivity contribution >= 4 is 11.8 Å². The maximum Gasteiger partial charge on any atom is 0.436 e. The molecule has 0 aromatic carbocycles. The van der Waals surface area contributed by atoms with Gasteiger partial charge in [0, 0.05) is 25.8 Å². The highest BCUT2D eigenvalue weighted by Gasteiger charge is 2.36. The Kier molecular flexibility index (Phi) is 5.09. The van der Waals surface area contributed by atoms with Gasteiger partial charge in [0.2, 0.25) is 11.8 Å². The van der Waals surface area contributed by atoms with E-state index < -0.39 is 11.9 Å². The SMILES string of the molecule is O=C(Nc1cc(C(F)(F)F)no1)[C@@H]1CCCN1CC1CCOCC1. The van der Waals surface area contributed by atoms with Crippen LogP contribution < -0.4 is 5.32 Å². The van der Waals surface area contributed by atoms with Crippen LogP contribution in [0.3, 0.4) is 0 Å². The number of hydrogen-bond donors (Lipinski definition) is 1. The van der Waals surface area contributed by atoms with Crippen molar-refractivity contribution in [1.29, 1.82) is 0 Å². The molecular formula is C15H20F3N3O3. The lowest BCUT2D eigenvalue weighted by Crippen LogP contribution is -2.42. The molecular weight excluding hydrogens is 327 g/mol. The molecule has 3 rings (SSSR count). The quantitative estimate of drug-likeness (QED) is 0.907. The van der Waals surface area contributed by atoms with Crippen molar-refractivity contribution in [1.82, 2.24) is 10.1 Å². The van der Waals surface area contributed by atoms with Crippen molar-refractivity contribution < 1.29 is 27.2 Å². The Bertz CT molecular complexity index is 570. The summed E-state index contributed by atoms with van der Waals surface area (Å²) in [7, 11) is 0. The van der Waals surface area contributed by atoms with Crippen LogP contribution in [0.15, 0.2) is 10.6 Å². The molecule has 6 nitrogen and oxygen atoms in total. The Morgan fingerprint density at radius 1 is 1.33 bits per heavy atom. The van der Waals surface area contributed by atoms with E-state index in [0.29, 0.717) is 18.4 Å². The summed E-state index contributed by atoms with van der Waals surface area (Å²) in [4.78, 5) is 14.5. The van der Waals surface area contributed by atoms with Crippen molar-refractivity contribution in [2.75, 3.05) is 31.6 Å². The molecule has 0 unspecified atom stereocenters. The van der Waals surface area contributed by atoms with Crippen LogP contribution in [0.25, 0.3) is 0 Å². The van der Waals surface area contributed by atoms with Crippen molar-refractivity contribution in [2.24, 2.45) is 5.92 Å². The molecule has 0 aliphatic carbocycles. The minimum Gasteiger partial charge on any atom is -0.381 e. The molecule has 24 heavy (non-hydrogen) atoms. The summed E-state index contributed by atoms with van der Waals surface area (Å²) in [5, 5.41) is 5.35. The van der Waals surface area contributed by atoms with E-state index >= 15 is 0 Å². The lowest BCUT2D eigenvalue weighted by atomic mass is 9.99. The predicted octanol–water partition coefficient (Wildman–Crippen LogP) is 2.52. The Morgan fingerprint density at radius 3 is 2.75 bits per heavy atom. The largest absolute Gasteiger partial charge is 0.436 e. The second kappa shape index (κ2) is 7.10. The van der Waals surface area contributed by atoms with Crippen LogP contribution in [0, 0.1) is 5.92 Å². The third kappa shape index (κ3) is 4.07. The molecule has 0 spiro atoms. The highest BCUT2D eigenvalue weighted by atomic mass is 19.4. The van der Waals surface area contributed by atoms with Gasteiger partial charge in [-0.05, 0) is 38.1 Å². The maximum atomic E-state index is 12.5. The number of carbonyl (C=O) groups excluding carboxylic acids is 1. The standard InChI is InChI=1S/C15H20F3N3O3/c16-15(17,18)12-8-13(24-20-12)19-14(22)11-2-1-5-21(11)9-10-3-6-23-7-4-10/h8,10-11H,1-7,9H2,(H,19,22)/t11-/m0/s1. The van der Waals surface area contributed by atoms with E-state index in [1.165, 1.54) is 0 Å². The van der Waals surface area contributed by atoms with Crippen LogP contribution in [0.1, 0.15) is 31.4 Å². The van der Waals surface area contributed by atoms with Gasteiger partial charge in [0.05, 0.1) is 6.04 Å². The van der Waals surface area contributed by atoms with Crippen molar-refractivity contribution in [3.05, 3.63) is 11.8 Å². The van der Waals surface area contributed by atoms with Gasteiger partial charge in [-0.1, -0.05) is 5.16 Å². The number of alkyl halides is 3. The molecule has 1 aromatic rings. The van der Waals surface area contributed by atoms with Crippen molar-refractivity contribution in [2.45, 2.75) is 37.9 Å². The predicted molar refractivity (Wildman–Crippen MR) is 78.3 cm³/mol. The van der Waals surface area contributed by atoms with Gasteiger partial charge in [-0.25, -0.2) is 0 Å². The van der Waals surface area contributed by atoms with Gasteiger partial charge in [-0.3, -0.25) is 15.0 Å². The lowest BCUT2D eigenvalue weighted by Gasteiger charge is -2.30. The summed E-state index contributed by atoms with van der Waals surface area (Å²) in [6, 6.07) is 0.364. The van der Waals surface area contributed by atoms with Crippen LogP contribution in [0.5, 0.6) is 0 Å². The monoisotopic (exact) mass is 347 g/mol. The second-order valence-electron chi connectivity index (χ2n) is 6.27. The molecule has 1 amide bonds. The molecule has 134 valence electrons. The van der Waals surface area contributed by atoms with Gasteiger partial charge in [-0.15, -0.1) is 0 Å². The zero-order valence-corrected chi connectivity index (χ0v) is 13.1. The Balaban J connectivity index is 1.58. The summed E-state index contributed by atoms with van der Waals surface area (Å²) in [6.45, 7) is 3.12. The number of ether oxygens (including phenoxy) is 1. The number of amides is 1. The minimum atomic E-state index is -4.59. The minimum absolute atomic E-state index is 0.273. The maximum absolute atomic E-state index is 12.5. The molecule has 1 aromatic heterocycles. The molecule has 0 bridgehead atoms. The van der Waals surface area contributed by atoms with Gasteiger partial charge in [0.1, 0.15) is 0 Å². The van der Waals surface area contributed by atoms with E-state index in [2.05, 4.69) is 19.9 Å². The molecule has 1 N–H and O–H groups in total. The number of halogens is 3. The number of nitrogens with one attached hydrogen (secondary N) is 1. The fraction of sp³-hybridized carbons (Fsp3) is 0.733. The Hall–Kier alpha value is -1.61. The van der Waals surface area contributed by atoms with Crippen LogP contribution in [0.4, 0.5) is 19.1 Å². The van der Waals surface area contributed by atoms with E-state index in [1.807, 2.05) is 0 Å². The fourth-order valence-corrected chi connectivity index (χ4v) is 3.27. The molecule has 2 aliphatic heterocycles. The first kappa shape index (κ1) is 17.2. The second-order valence-corrected chi connectivity index (χ2v) is 6.27. The molecule has 2 saturated heterocycles. The molecule has 2 aliphatic rings. The third-order valence-corrected chi connectivity index (χ3v) is 4.55. The molecule has 2 fully saturated rings. The summed E-state index contributed by atoms with van der Waals surface area (Å²) in [5.74, 6) is -0.121. The fourth-order valence-electron chi connectivity index (χ4n) is 3.27. The summed E-state index contributed by atoms with van der Waals surface area (Å²) in [5.41, 5.74) is -1.15. The van der Waals surface area contributed by atoms with Crippen LogP contribution in [-0.4, -0.2) is 48.3 Å². The zero-order valence-electron chi connectivity index (χ0n) is 13.1. The average Bonchev–Trinajstić information content (AvgIpc) is 3.17. The van der Waals surface area contributed by atoms with Gasteiger partial charge in [-0.2, -0.15) is 13.2 Å². The highest BCUT2D eigenvalue weighted by molar-refractivity contribution is 5.93. The van der Waals surface area contributed by atoms with E-state index in [4.69, 9.17) is 4.74 Å². The zero-order chi connectivity index (χ0) is 17.2. The first-order valence-corrected chi connectivity index (χ1v) is 8.10. The summed E-state index contributed by atoms with van der Waals surface area (Å²) in [6.07, 6.45) is -1.06. The van der Waals surface area contributed by atoms with Crippen LogP contribution in [-0.2, 0) is 15.7 Å². The highest BCUT2D eigenvalue weighted by Crippen LogP contribution is 2.30. The summed E-state index contributed by atoms with van der Waals surface area (Å²) >= 11 is 0.